The molecular weight excluding hydrogens is 282 g/mol. The quantitative estimate of drug-likeness (QED) is 0.842. The van der Waals surface area contributed by atoms with Crippen molar-refractivity contribution in [3.8, 4) is 0 Å². The average molecular weight is 301 g/mol. The molecule has 3 rings (SSSR count). The van der Waals surface area contributed by atoms with Crippen LogP contribution >= 0.6 is 0 Å². The van der Waals surface area contributed by atoms with E-state index in [1.807, 2.05) is 35.6 Å². The second kappa shape index (κ2) is 6.23. The molecule has 0 N–H and O–H groups in total. The van der Waals surface area contributed by atoms with E-state index in [1.165, 1.54) is 0 Å². The number of morpholine rings is 1. The lowest BCUT2D eigenvalue weighted by Gasteiger charge is -2.32. The normalized spacial score (nSPS) is 18.5. The maximum atomic E-state index is 12.5. The third kappa shape index (κ3) is 3.14. The Morgan fingerprint density at radius 2 is 2.23 bits per heavy atom. The van der Waals surface area contributed by atoms with Gasteiger partial charge in [0.25, 0.3) is 0 Å². The third-order valence-corrected chi connectivity index (χ3v) is 3.78. The van der Waals surface area contributed by atoms with Crippen LogP contribution in [-0.2, 0) is 16.1 Å². The van der Waals surface area contributed by atoms with E-state index < -0.39 is 0 Å². The molecule has 0 spiro atoms. The van der Waals surface area contributed by atoms with E-state index in [0.29, 0.717) is 32.1 Å². The number of hydrogen-bond donors (Lipinski definition) is 0. The van der Waals surface area contributed by atoms with Crippen LogP contribution in [0.3, 0.4) is 0 Å². The highest BCUT2D eigenvalue weighted by molar-refractivity contribution is 5.76. The maximum Gasteiger partial charge on any atom is 0.242 e. The summed E-state index contributed by atoms with van der Waals surface area (Å²) in [5.74, 6) is 1.61. The monoisotopic (exact) mass is 301 g/mol. The molecule has 2 aromatic rings. The Morgan fingerprint density at radius 3 is 2.95 bits per heavy atom. The fourth-order valence-corrected chi connectivity index (χ4v) is 2.53. The van der Waals surface area contributed by atoms with Crippen molar-refractivity contribution >= 4 is 5.91 Å². The molecule has 1 amide bonds. The minimum atomic E-state index is -0.191. The molecule has 0 bridgehead atoms. The van der Waals surface area contributed by atoms with E-state index in [2.05, 4.69) is 15.0 Å². The fraction of sp³-hybridized carbons (Fsp3) is 0.467. The maximum absolute atomic E-state index is 12.5. The van der Waals surface area contributed by atoms with Crippen LogP contribution in [0.15, 0.2) is 24.7 Å². The van der Waals surface area contributed by atoms with Crippen molar-refractivity contribution in [3.63, 3.8) is 0 Å². The second-order valence-corrected chi connectivity index (χ2v) is 5.33. The van der Waals surface area contributed by atoms with Gasteiger partial charge in [0.05, 0.1) is 18.8 Å². The molecule has 116 valence electrons. The number of carbonyl (C=O) groups is 1. The standard InChI is InChI=1S/C15H19N5O2/c1-11-16-4-3-13(18-11)14-9-20(7-8-22-14)15(21)10-19-6-5-17-12(19)2/h3-6,14H,7-10H2,1-2H3/t14-/m0/s1. The summed E-state index contributed by atoms with van der Waals surface area (Å²) in [5.41, 5.74) is 0.823. The molecule has 1 aliphatic rings. The lowest BCUT2D eigenvalue weighted by Crippen LogP contribution is -2.43. The lowest BCUT2D eigenvalue weighted by molar-refractivity contribution is -0.139. The zero-order valence-corrected chi connectivity index (χ0v) is 12.8. The van der Waals surface area contributed by atoms with Crippen molar-refractivity contribution in [2.45, 2.75) is 26.5 Å². The minimum Gasteiger partial charge on any atom is -0.368 e. The van der Waals surface area contributed by atoms with Gasteiger partial charge in [-0.05, 0) is 19.9 Å². The molecule has 1 saturated heterocycles. The Kier molecular flexibility index (Phi) is 4.15. The predicted molar refractivity (Wildman–Crippen MR) is 79.0 cm³/mol. The van der Waals surface area contributed by atoms with Crippen LogP contribution in [0.2, 0.25) is 0 Å². The molecule has 7 nitrogen and oxygen atoms in total. The van der Waals surface area contributed by atoms with Crippen molar-refractivity contribution in [1.29, 1.82) is 0 Å². The zero-order chi connectivity index (χ0) is 15.5. The molecule has 0 radical (unpaired) electrons. The van der Waals surface area contributed by atoms with Crippen LogP contribution in [0.4, 0.5) is 0 Å². The largest absolute Gasteiger partial charge is 0.368 e. The summed E-state index contributed by atoms with van der Waals surface area (Å²) in [4.78, 5) is 26.9. The summed E-state index contributed by atoms with van der Waals surface area (Å²) >= 11 is 0. The number of aromatic nitrogens is 4. The SMILES string of the molecule is Cc1nccc([C@@H]2CN(C(=O)Cn3ccnc3C)CCO2)n1. The molecule has 1 fully saturated rings. The molecule has 0 aromatic carbocycles. The van der Waals surface area contributed by atoms with Crippen molar-refractivity contribution in [1.82, 2.24) is 24.4 Å². The second-order valence-electron chi connectivity index (χ2n) is 5.33. The van der Waals surface area contributed by atoms with E-state index in [4.69, 9.17) is 4.74 Å². The molecular formula is C15H19N5O2. The van der Waals surface area contributed by atoms with Gasteiger partial charge in [-0.25, -0.2) is 15.0 Å². The van der Waals surface area contributed by atoms with Crippen LogP contribution in [0.25, 0.3) is 0 Å². The number of hydrogen-bond acceptors (Lipinski definition) is 5. The van der Waals surface area contributed by atoms with Gasteiger partial charge in [-0.3, -0.25) is 4.79 Å². The molecule has 1 atom stereocenters. The molecule has 22 heavy (non-hydrogen) atoms. The van der Waals surface area contributed by atoms with Crippen LogP contribution < -0.4 is 0 Å². The van der Waals surface area contributed by atoms with Crippen LogP contribution in [0.1, 0.15) is 23.4 Å². The summed E-state index contributed by atoms with van der Waals surface area (Å²) in [6, 6.07) is 1.84. The first-order chi connectivity index (χ1) is 10.6. The van der Waals surface area contributed by atoms with Gasteiger partial charge in [0.1, 0.15) is 24.3 Å². The van der Waals surface area contributed by atoms with E-state index in [1.54, 1.807) is 12.4 Å². The van der Waals surface area contributed by atoms with Gasteiger partial charge in [0, 0.05) is 25.1 Å². The lowest BCUT2D eigenvalue weighted by atomic mass is 10.2. The summed E-state index contributed by atoms with van der Waals surface area (Å²) in [5, 5.41) is 0. The number of aryl methyl sites for hydroxylation is 2. The van der Waals surface area contributed by atoms with Gasteiger partial charge in [0.2, 0.25) is 5.91 Å². The number of imidazole rings is 1. The van der Waals surface area contributed by atoms with E-state index in [-0.39, 0.29) is 12.0 Å². The third-order valence-electron chi connectivity index (χ3n) is 3.78. The highest BCUT2D eigenvalue weighted by Crippen LogP contribution is 2.20. The first kappa shape index (κ1) is 14.6. The smallest absolute Gasteiger partial charge is 0.242 e. The molecule has 1 aliphatic heterocycles. The molecule has 0 saturated carbocycles. The average Bonchev–Trinajstić information content (AvgIpc) is 2.92. The van der Waals surface area contributed by atoms with Crippen molar-refractivity contribution in [2.24, 2.45) is 0 Å². The molecule has 2 aromatic heterocycles. The van der Waals surface area contributed by atoms with Crippen molar-refractivity contribution in [2.75, 3.05) is 19.7 Å². The molecule has 7 heteroatoms. The Morgan fingerprint density at radius 1 is 1.36 bits per heavy atom. The van der Waals surface area contributed by atoms with Gasteiger partial charge >= 0.3 is 0 Å². The summed E-state index contributed by atoms with van der Waals surface area (Å²) < 4.78 is 7.60. The number of nitrogens with zero attached hydrogens (tertiary/aromatic N) is 5. The Labute approximate surface area is 129 Å². The highest BCUT2D eigenvalue weighted by Gasteiger charge is 2.26. The van der Waals surface area contributed by atoms with Gasteiger partial charge in [-0.1, -0.05) is 0 Å². The van der Waals surface area contributed by atoms with Gasteiger partial charge in [-0.15, -0.1) is 0 Å². The van der Waals surface area contributed by atoms with E-state index in [9.17, 15) is 4.79 Å². The van der Waals surface area contributed by atoms with Crippen molar-refractivity contribution in [3.05, 3.63) is 42.0 Å². The van der Waals surface area contributed by atoms with E-state index in [0.717, 1.165) is 11.5 Å². The molecule has 0 aliphatic carbocycles. The number of amides is 1. The summed E-state index contributed by atoms with van der Waals surface area (Å²) in [6.45, 7) is 5.68. The van der Waals surface area contributed by atoms with Gasteiger partial charge in [0.15, 0.2) is 0 Å². The van der Waals surface area contributed by atoms with Crippen LogP contribution in [-0.4, -0.2) is 50.0 Å². The zero-order valence-electron chi connectivity index (χ0n) is 12.8. The predicted octanol–water partition coefficient (Wildman–Crippen LogP) is 0.890. The van der Waals surface area contributed by atoms with E-state index >= 15 is 0 Å². The highest BCUT2D eigenvalue weighted by atomic mass is 16.5. The minimum absolute atomic E-state index is 0.0696. The Balaban J connectivity index is 1.67. The number of ether oxygens (including phenoxy) is 1. The Hall–Kier alpha value is -2.28. The van der Waals surface area contributed by atoms with Crippen molar-refractivity contribution < 1.29 is 9.53 Å². The first-order valence-corrected chi connectivity index (χ1v) is 7.30. The summed E-state index contributed by atoms with van der Waals surface area (Å²) in [6.07, 6.45) is 5.05. The summed E-state index contributed by atoms with van der Waals surface area (Å²) in [7, 11) is 0. The number of rotatable bonds is 3. The first-order valence-electron chi connectivity index (χ1n) is 7.30. The molecule has 0 unspecified atom stereocenters. The van der Waals surface area contributed by atoms with Gasteiger partial charge < -0.3 is 14.2 Å². The fourth-order valence-electron chi connectivity index (χ4n) is 2.53. The number of carbonyl (C=O) groups excluding carboxylic acids is 1. The topological polar surface area (TPSA) is 73.1 Å². The van der Waals surface area contributed by atoms with Crippen LogP contribution in [0, 0.1) is 13.8 Å². The Bertz CT molecular complexity index is 669. The van der Waals surface area contributed by atoms with Gasteiger partial charge in [-0.2, -0.15) is 0 Å². The van der Waals surface area contributed by atoms with Crippen LogP contribution in [0.5, 0.6) is 0 Å². The molecule has 3 heterocycles.